The Morgan fingerprint density at radius 3 is 2.35 bits per heavy atom. The van der Waals surface area contributed by atoms with Crippen LogP contribution in [0, 0.1) is 6.92 Å². The molecule has 1 amide bonds. The molecule has 0 aromatic heterocycles. The Bertz CT molecular complexity index is 956. The van der Waals surface area contributed by atoms with Crippen molar-refractivity contribution in [1.29, 1.82) is 0 Å². The van der Waals surface area contributed by atoms with E-state index in [-0.39, 0.29) is 17.3 Å². The van der Waals surface area contributed by atoms with Gasteiger partial charge in [-0.1, -0.05) is 17.7 Å². The van der Waals surface area contributed by atoms with Crippen molar-refractivity contribution >= 4 is 21.6 Å². The molecule has 9 heteroatoms. The summed E-state index contributed by atoms with van der Waals surface area (Å²) in [5, 5.41) is 2.83. The number of carbonyl (C=O) groups excluding carboxylic acids is 1. The average molecular weight is 448 g/mol. The van der Waals surface area contributed by atoms with Crippen LogP contribution in [0.1, 0.15) is 5.56 Å². The number of ether oxygens (including phenoxy) is 2. The number of anilines is 1. The van der Waals surface area contributed by atoms with E-state index in [1.807, 2.05) is 6.92 Å². The number of morpholine rings is 1. The average Bonchev–Trinajstić information content (AvgIpc) is 2.78. The molecule has 8 nitrogen and oxygen atoms in total. The second kappa shape index (κ2) is 10.6. The third-order valence-electron chi connectivity index (χ3n) is 5.11. The second-order valence-electron chi connectivity index (χ2n) is 7.33. The SMILES string of the molecule is COc1ccc(N(CC(=O)NCCN2CCOCC2)S(=O)(=O)c2ccc(C)cc2)cc1. The number of rotatable bonds is 9. The van der Waals surface area contributed by atoms with E-state index in [0.717, 1.165) is 23.0 Å². The van der Waals surface area contributed by atoms with Crippen molar-refractivity contribution in [3.8, 4) is 5.75 Å². The van der Waals surface area contributed by atoms with E-state index in [9.17, 15) is 13.2 Å². The summed E-state index contributed by atoms with van der Waals surface area (Å²) in [6.45, 7) is 5.75. The third kappa shape index (κ3) is 6.19. The van der Waals surface area contributed by atoms with Gasteiger partial charge in [0.25, 0.3) is 10.0 Å². The van der Waals surface area contributed by atoms with Crippen molar-refractivity contribution in [3.63, 3.8) is 0 Å². The van der Waals surface area contributed by atoms with Crippen LogP contribution in [0.15, 0.2) is 53.4 Å². The molecule has 2 aromatic carbocycles. The third-order valence-corrected chi connectivity index (χ3v) is 6.90. The van der Waals surface area contributed by atoms with Gasteiger partial charge in [0.05, 0.1) is 30.9 Å². The number of sulfonamides is 1. The molecule has 0 radical (unpaired) electrons. The van der Waals surface area contributed by atoms with Gasteiger partial charge < -0.3 is 14.8 Å². The first kappa shape index (κ1) is 23.1. The maximum absolute atomic E-state index is 13.3. The summed E-state index contributed by atoms with van der Waals surface area (Å²) in [7, 11) is -2.39. The van der Waals surface area contributed by atoms with Gasteiger partial charge in [0.15, 0.2) is 0 Å². The Kier molecular flexibility index (Phi) is 7.89. The molecule has 0 atom stereocenters. The lowest BCUT2D eigenvalue weighted by molar-refractivity contribution is -0.119. The van der Waals surface area contributed by atoms with Crippen molar-refractivity contribution < 1.29 is 22.7 Å². The fraction of sp³-hybridized carbons (Fsp3) is 0.409. The van der Waals surface area contributed by atoms with Gasteiger partial charge in [-0.05, 0) is 43.3 Å². The summed E-state index contributed by atoms with van der Waals surface area (Å²) in [5.41, 5.74) is 1.35. The highest BCUT2D eigenvalue weighted by molar-refractivity contribution is 7.92. The number of nitrogens with one attached hydrogen (secondary N) is 1. The van der Waals surface area contributed by atoms with Gasteiger partial charge in [-0.3, -0.25) is 14.0 Å². The lowest BCUT2D eigenvalue weighted by Gasteiger charge is -2.27. The van der Waals surface area contributed by atoms with Crippen LogP contribution in [0.2, 0.25) is 0 Å². The van der Waals surface area contributed by atoms with Gasteiger partial charge in [-0.25, -0.2) is 8.42 Å². The minimum Gasteiger partial charge on any atom is -0.497 e. The molecule has 0 unspecified atom stereocenters. The number of nitrogens with zero attached hydrogens (tertiary/aromatic N) is 2. The Morgan fingerprint density at radius 2 is 1.74 bits per heavy atom. The zero-order chi connectivity index (χ0) is 22.3. The monoisotopic (exact) mass is 447 g/mol. The molecule has 0 aliphatic carbocycles. The fourth-order valence-corrected chi connectivity index (χ4v) is 4.69. The lowest BCUT2D eigenvalue weighted by Crippen LogP contribution is -2.44. The molecule has 0 spiro atoms. The first-order valence-electron chi connectivity index (χ1n) is 10.2. The normalized spacial score (nSPS) is 14.8. The van der Waals surface area contributed by atoms with Crippen LogP contribution in [-0.4, -0.2) is 72.3 Å². The van der Waals surface area contributed by atoms with Crippen LogP contribution < -0.4 is 14.4 Å². The Hall–Kier alpha value is -2.62. The molecule has 1 heterocycles. The largest absolute Gasteiger partial charge is 0.497 e. The summed E-state index contributed by atoms with van der Waals surface area (Å²) < 4.78 is 38.3. The lowest BCUT2D eigenvalue weighted by atomic mass is 10.2. The Balaban J connectivity index is 1.74. The minimum absolute atomic E-state index is 0.134. The topological polar surface area (TPSA) is 88.2 Å². The van der Waals surface area contributed by atoms with Gasteiger partial charge in [-0.15, -0.1) is 0 Å². The number of aryl methyl sites for hydroxylation is 1. The van der Waals surface area contributed by atoms with E-state index in [1.165, 1.54) is 7.11 Å². The number of hydrogen-bond donors (Lipinski definition) is 1. The molecule has 0 bridgehead atoms. The maximum atomic E-state index is 13.3. The van der Waals surface area contributed by atoms with Crippen LogP contribution >= 0.6 is 0 Å². The molecule has 3 rings (SSSR count). The highest BCUT2D eigenvalue weighted by Crippen LogP contribution is 2.25. The molecule has 1 fully saturated rings. The van der Waals surface area contributed by atoms with Gasteiger partial charge in [0.1, 0.15) is 12.3 Å². The summed E-state index contributed by atoms with van der Waals surface area (Å²) in [5.74, 6) is 0.242. The first-order chi connectivity index (χ1) is 14.9. The van der Waals surface area contributed by atoms with Gasteiger partial charge >= 0.3 is 0 Å². The summed E-state index contributed by atoms with van der Waals surface area (Å²) in [6.07, 6.45) is 0. The van der Waals surface area contributed by atoms with Crippen molar-refractivity contribution in [3.05, 3.63) is 54.1 Å². The molecule has 2 aromatic rings. The van der Waals surface area contributed by atoms with Crippen molar-refractivity contribution in [2.45, 2.75) is 11.8 Å². The number of amides is 1. The highest BCUT2D eigenvalue weighted by Gasteiger charge is 2.27. The fourth-order valence-electron chi connectivity index (χ4n) is 3.27. The van der Waals surface area contributed by atoms with Gasteiger partial charge in [-0.2, -0.15) is 0 Å². The van der Waals surface area contributed by atoms with E-state index in [4.69, 9.17) is 9.47 Å². The van der Waals surface area contributed by atoms with Gasteiger partial charge in [0, 0.05) is 26.2 Å². The zero-order valence-corrected chi connectivity index (χ0v) is 18.7. The zero-order valence-electron chi connectivity index (χ0n) is 17.9. The van der Waals surface area contributed by atoms with Crippen LogP contribution in [0.25, 0.3) is 0 Å². The first-order valence-corrected chi connectivity index (χ1v) is 11.6. The number of methoxy groups -OCH3 is 1. The molecule has 1 aliphatic heterocycles. The second-order valence-corrected chi connectivity index (χ2v) is 9.19. The summed E-state index contributed by atoms with van der Waals surface area (Å²) in [4.78, 5) is 15.0. The van der Waals surface area contributed by atoms with Crippen molar-refractivity contribution in [2.24, 2.45) is 0 Å². The van der Waals surface area contributed by atoms with Crippen LogP contribution in [0.5, 0.6) is 5.75 Å². The highest BCUT2D eigenvalue weighted by atomic mass is 32.2. The molecular formula is C22H29N3O5S. The standard InChI is InChI=1S/C22H29N3O5S/c1-18-3-9-21(10-4-18)31(27,28)25(19-5-7-20(29-2)8-6-19)17-22(26)23-11-12-24-13-15-30-16-14-24/h3-10H,11-17H2,1-2H3,(H,23,26). The van der Waals surface area contributed by atoms with E-state index in [1.54, 1.807) is 48.5 Å². The summed E-state index contributed by atoms with van der Waals surface area (Å²) in [6, 6.07) is 13.2. The van der Waals surface area contributed by atoms with Crippen LogP contribution in [0.3, 0.4) is 0 Å². The van der Waals surface area contributed by atoms with E-state index >= 15 is 0 Å². The molecule has 0 saturated carbocycles. The minimum atomic E-state index is -3.93. The predicted molar refractivity (Wildman–Crippen MR) is 119 cm³/mol. The van der Waals surface area contributed by atoms with Crippen LogP contribution in [0.4, 0.5) is 5.69 Å². The van der Waals surface area contributed by atoms with Crippen molar-refractivity contribution in [2.75, 3.05) is 57.4 Å². The smallest absolute Gasteiger partial charge is 0.264 e. The number of hydrogen-bond acceptors (Lipinski definition) is 6. The summed E-state index contributed by atoms with van der Waals surface area (Å²) >= 11 is 0. The Labute approximate surface area is 183 Å². The Morgan fingerprint density at radius 1 is 1.10 bits per heavy atom. The number of carbonyl (C=O) groups is 1. The quantitative estimate of drug-likeness (QED) is 0.629. The molecule has 1 saturated heterocycles. The molecule has 1 aliphatic rings. The molecular weight excluding hydrogens is 418 g/mol. The van der Waals surface area contributed by atoms with E-state index in [2.05, 4.69) is 10.2 Å². The van der Waals surface area contributed by atoms with Gasteiger partial charge in [0.2, 0.25) is 5.91 Å². The van der Waals surface area contributed by atoms with E-state index in [0.29, 0.717) is 37.7 Å². The number of benzene rings is 2. The van der Waals surface area contributed by atoms with Crippen LogP contribution in [-0.2, 0) is 19.6 Å². The maximum Gasteiger partial charge on any atom is 0.264 e. The predicted octanol–water partition coefficient (Wildman–Crippen LogP) is 1.65. The van der Waals surface area contributed by atoms with Crippen molar-refractivity contribution in [1.82, 2.24) is 10.2 Å². The molecule has 31 heavy (non-hydrogen) atoms. The van der Waals surface area contributed by atoms with E-state index < -0.39 is 10.0 Å². The molecule has 168 valence electrons. The molecule has 1 N–H and O–H groups in total.